The first-order valence-electron chi connectivity index (χ1n) is 13.7. The van der Waals surface area contributed by atoms with Crippen LogP contribution in [0.15, 0.2) is 60.7 Å². The first-order valence-corrected chi connectivity index (χ1v) is 13.7. The molecule has 3 aromatic carbocycles. The summed E-state index contributed by atoms with van der Waals surface area (Å²) in [7, 11) is 1.65. The summed E-state index contributed by atoms with van der Waals surface area (Å²) in [5, 5.41) is 12.8. The average Bonchev–Trinajstić information content (AvgIpc) is 3.76. The van der Waals surface area contributed by atoms with Crippen LogP contribution in [-0.4, -0.2) is 61.5 Å². The summed E-state index contributed by atoms with van der Waals surface area (Å²) in [6, 6.07) is 19.8. The third kappa shape index (κ3) is 7.71. The quantitative estimate of drug-likeness (QED) is 0.281. The fourth-order valence-electron chi connectivity index (χ4n) is 4.53. The SMILES string of the molecule is COc1ccc2cc([C@H](C)C(=O)N(C[C@H](O)COc3ccc(CCOCC4CC4)cc3)C(C)C)ccc2c1. The second kappa shape index (κ2) is 13.1. The van der Waals surface area contributed by atoms with E-state index in [9.17, 15) is 9.90 Å². The normalized spacial score (nSPS) is 14.9. The summed E-state index contributed by atoms with van der Waals surface area (Å²) in [6.07, 6.45) is 2.69. The molecule has 6 nitrogen and oxygen atoms in total. The van der Waals surface area contributed by atoms with E-state index in [4.69, 9.17) is 14.2 Å². The molecule has 0 heterocycles. The van der Waals surface area contributed by atoms with E-state index in [1.807, 2.05) is 75.4 Å². The Hall–Kier alpha value is -3.09. The molecule has 0 spiro atoms. The van der Waals surface area contributed by atoms with E-state index < -0.39 is 6.10 Å². The van der Waals surface area contributed by atoms with Gasteiger partial charge in [0.1, 0.15) is 24.2 Å². The molecule has 0 saturated heterocycles. The fraction of sp³-hybridized carbons (Fsp3) is 0.469. The summed E-state index contributed by atoms with van der Waals surface area (Å²) in [6.45, 7) is 7.81. The van der Waals surface area contributed by atoms with Gasteiger partial charge in [0.05, 0.1) is 26.2 Å². The van der Waals surface area contributed by atoms with Crippen LogP contribution < -0.4 is 9.47 Å². The number of amides is 1. The van der Waals surface area contributed by atoms with Crippen molar-refractivity contribution in [1.29, 1.82) is 0 Å². The van der Waals surface area contributed by atoms with Crippen LogP contribution in [0.25, 0.3) is 10.8 Å². The molecular formula is C32H41NO5. The predicted octanol–water partition coefficient (Wildman–Crippen LogP) is 5.60. The molecule has 1 aliphatic carbocycles. The number of carbonyl (C=O) groups excluding carboxylic acids is 1. The van der Waals surface area contributed by atoms with Gasteiger partial charge in [-0.2, -0.15) is 0 Å². The molecule has 2 atom stereocenters. The number of rotatable bonds is 14. The van der Waals surface area contributed by atoms with Gasteiger partial charge in [-0.15, -0.1) is 0 Å². The van der Waals surface area contributed by atoms with Crippen LogP contribution >= 0.6 is 0 Å². The lowest BCUT2D eigenvalue weighted by molar-refractivity contribution is -0.136. The van der Waals surface area contributed by atoms with E-state index in [2.05, 4.69) is 6.07 Å². The van der Waals surface area contributed by atoms with Gasteiger partial charge in [-0.1, -0.05) is 36.4 Å². The maximum Gasteiger partial charge on any atom is 0.230 e. The van der Waals surface area contributed by atoms with Crippen molar-refractivity contribution in [3.63, 3.8) is 0 Å². The molecule has 1 saturated carbocycles. The summed E-state index contributed by atoms with van der Waals surface area (Å²) >= 11 is 0. The standard InChI is InChI=1S/C32H41NO5/c1-22(2)33(32(35)23(3)26-9-10-28-18-31(36-4)14-11-27(28)17-26)19-29(34)21-38-30-12-7-24(8-13-30)15-16-37-20-25-5-6-25/h7-14,17-18,22-23,25,29,34H,5-6,15-16,19-21H2,1-4H3/t23-,29-/m0/s1. The van der Waals surface area contributed by atoms with Gasteiger partial charge < -0.3 is 24.2 Å². The summed E-state index contributed by atoms with van der Waals surface area (Å²) < 4.78 is 16.9. The van der Waals surface area contributed by atoms with Crippen LogP contribution in [0.1, 0.15) is 50.7 Å². The van der Waals surface area contributed by atoms with Crippen LogP contribution in [-0.2, 0) is 16.0 Å². The number of aliphatic hydroxyl groups is 1. The minimum Gasteiger partial charge on any atom is -0.497 e. The zero-order valence-electron chi connectivity index (χ0n) is 23.1. The van der Waals surface area contributed by atoms with Crippen molar-refractivity contribution < 1.29 is 24.1 Å². The van der Waals surface area contributed by atoms with E-state index in [-0.39, 0.29) is 31.0 Å². The molecule has 1 amide bonds. The molecule has 3 aromatic rings. The number of methoxy groups -OCH3 is 1. The molecule has 0 radical (unpaired) electrons. The lowest BCUT2D eigenvalue weighted by Gasteiger charge is -2.31. The van der Waals surface area contributed by atoms with Gasteiger partial charge in [0.2, 0.25) is 5.91 Å². The van der Waals surface area contributed by atoms with Gasteiger partial charge in [-0.05, 0) is 92.1 Å². The van der Waals surface area contributed by atoms with E-state index in [1.54, 1.807) is 12.0 Å². The van der Waals surface area contributed by atoms with Crippen molar-refractivity contribution in [1.82, 2.24) is 4.90 Å². The number of carbonyl (C=O) groups is 1. The molecule has 204 valence electrons. The highest BCUT2D eigenvalue weighted by Crippen LogP contribution is 2.29. The van der Waals surface area contributed by atoms with E-state index >= 15 is 0 Å². The number of aliphatic hydroxyl groups excluding tert-OH is 1. The lowest BCUT2D eigenvalue weighted by Crippen LogP contribution is -2.45. The molecule has 0 aromatic heterocycles. The average molecular weight is 520 g/mol. The van der Waals surface area contributed by atoms with Gasteiger partial charge in [0, 0.05) is 12.6 Å². The Bertz CT molecular complexity index is 1190. The smallest absolute Gasteiger partial charge is 0.230 e. The fourth-order valence-corrected chi connectivity index (χ4v) is 4.53. The van der Waals surface area contributed by atoms with Crippen LogP contribution in [0.3, 0.4) is 0 Å². The van der Waals surface area contributed by atoms with Gasteiger partial charge in [0.25, 0.3) is 0 Å². The Labute approximate surface area is 226 Å². The lowest BCUT2D eigenvalue weighted by atomic mass is 9.96. The largest absolute Gasteiger partial charge is 0.497 e. The van der Waals surface area contributed by atoms with Gasteiger partial charge in [-0.3, -0.25) is 4.79 Å². The van der Waals surface area contributed by atoms with Crippen molar-refractivity contribution in [3.8, 4) is 11.5 Å². The van der Waals surface area contributed by atoms with E-state index in [0.717, 1.165) is 47.6 Å². The van der Waals surface area contributed by atoms with E-state index in [1.165, 1.54) is 18.4 Å². The van der Waals surface area contributed by atoms with Crippen LogP contribution in [0.2, 0.25) is 0 Å². The molecule has 4 rings (SSSR count). The Morgan fingerprint density at radius 1 is 0.974 bits per heavy atom. The molecule has 1 aliphatic rings. The van der Waals surface area contributed by atoms with Gasteiger partial charge in [-0.25, -0.2) is 0 Å². The molecule has 0 aliphatic heterocycles. The van der Waals surface area contributed by atoms with Crippen LogP contribution in [0, 0.1) is 5.92 Å². The topological polar surface area (TPSA) is 68.2 Å². The Morgan fingerprint density at radius 2 is 1.66 bits per heavy atom. The minimum atomic E-state index is -0.798. The maximum absolute atomic E-state index is 13.5. The summed E-state index contributed by atoms with van der Waals surface area (Å²) in [5.74, 6) is 1.95. The molecule has 1 fully saturated rings. The first-order chi connectivity index (χ1) is 18.3. The Balaban J connectivity index is 1.28. The Morgan fingerprint density at radius 3 is 2.34 bits per heavy atom. The van der Waals surface area contributed by atoms with Gasteiger partial charge in [0.15, 0.2) is 0 Å². The van der Waals surface area contributed by atoms with Crippen molar-refractivity contribution in [2.24, 2.45) is 5.92 Å². The third-order valence-corrected chi connectivity index (χ3v) is 7.21. The zero-order chi connectivity index (χ0) is 27.1. The Kier molecular flexibility index (Phi) is 9.64. The minimum absolute atomic E-state index is 0.0137. The second-order valence-corrected chi connectivity index (χ2v) is 10.7. The van der Waals surface area contributed by atoms with Crippen LogP contribution in [0.5, 0.6) is 11.5 Å². The monoisotopic (exact) mass is 519 g/mol. The molecule has 1 N–H and O–H groups in total. The van der Waals surface area contributed by atoms with Crippen molar-refractivity contribution in [2.45, 2.75) is 58.1 Å². The van der Waals surface area contributed by atoms with E-state index in [0.29, 0.717) is 5.75 Å². The number of fused-ring (bicyclic) bond motifs is 1. The molecule has 6 heteroatoms. The van der Waals surface area contributed by atoms with Gasteiger partial charge >= 0.3 is 0 Å². The zero-order valence-corrected chi connectivity index (χ0v) is 23.1. The number of ether oxygens (including phenoxy) is 3. The number of hydrogen-bond donors (Lipinski definition) is 1. The number of nitrogens with zero attached hydrogens (tertiary/aromatic N) is 1. The maximum atomic E-state index is 13.5. The van der Waals surface area contributed by atoms with Crippen molar-refractivity contribution in [2.75, 3.05) is 33.5 Å². The highest BCUT2D eigenvalue weighted by Gasteiger charge is 2.26. The predicted molar refractivity (Wildman–Crippen MR) is 151 cm³/mol. The highest BCUT2D eigenvalue weighted by atomic mass is 16.5. The summed E-state index contributed by atoms with van der Waals surface area (Å²) in [4.78, 5) is 15.2. The number of benzene rings is 3. The second-order valence-electron chi connectivity index (χ2n) is 10.7. The van der Waals surface area contributed by atoms with Crippen molar-refractivity contribution in [3.05, 3.63) is 71.8 Å². The number of hydrogen-bond acceptors (Lipinski definition) is 5. The molecule has 0 bridgehead atoms. The first kappa shape index (κ1) is 27.9. The molecular weight excluding hydrogens is 478 g/mol. The third-order valence-electron chi connectivity index (χ3n) is 7.21. The summed E-state index contributed by atoms with van der Waals surface area (Å²) in [5.41, 5.74) is 2.15. The molecule has 38 heavy (non-hydrogen) atoms. The van der Waals surface area contributed by atoms with Crippen molar-refractivity contribution >= 4 is 16.7 Å². The molecule has 0 unspecified atom stereocenters. The highest BCUT2D eigenvalue weighted by molar-refractivity contribution is 5.88. The van der Waals surface area contributed by atoms with Crippen LogP contribution in [0.4, 0.5) is 0 Å².